The lowest BCUT2D eigenvalue weighted by Gasteiger charge is -2.43. The van der Waals surface area contributed by atoms with E-state index in [1.807, 2.05) is 0 Å². The average Bonchev–Trinajstić information content (AvgIpc) is 2.36. The maximum absolute atomic E-state index is 4.41. The molecular formula is C14H20BrN3. The standard InChI is InChI=1S/C14H20BrN3/c15-13-5-4-12(10-17-13)14(11-2-1-3-11)18-8-6-16-7-9-18/h4-5,10-11,14,16H,1-3,6-9H2/t14-/m0/s1. The molecule has 1 aliphatic heterocycles. The molecule has 18 heavy (non-hydrogen) atoms. The number of nitrogens with one attached hydrogen (secondary N) is 1. The molecule has 1 N–H and O–H groups in total. The third kappa shape index (κ3) is 2.60. The van der Waals surface area contributed by atoms with Gasteiger partial charge in [0.1, 0.15) is 4.60 Å². The Morgan fingerprint density at radius 2 is 2.06 bits per heavy atom. The molecule has 1 saturated heterocycles. The second-order valence-corrected chi connectivity index (χ2v) is 6.15. The first kappa shape index (κ1) is 12.6. The van der Waals surface area contributed by atoms with Crippen molar-refractivity contribution in [3.63, 3.8) is 0 Å². The van der Waals surface area contributed by atoms with Gasteiger partial charge in [-0.3, -0.25) is 4.90 Å². The quantitative estimate of drug-likeness (QED) is 0.870. The van der Waals surface area contributed by atoms with Crippen LogP contribution < -0.4 is 5.32 Å². The number of pyridine rings is 1. The van der Waals surface area contributed by atoms with Gasteiger partial charge in [-0.25, -0.2) is 4.98 Å². The van der Waals surface area contributed by atoms with Gasteiger partial charge >= 0.3 is 0 Å². The summed E-state index contributed by atoms with van der Waals surface area (Å²) in [5.41, 5.74) is 1.39. The van der Waals surface area contributed by atoms with E-state index in [1.165, 1.54) is 24.8 Å². The summed E-state index contributed by atoms with van der Waals surface area (Å²) < 4.78 is 0.930. The lowest BCUT2D eigenvalue weighted by molar-refractivity contribution is 0.0835. The van der Waals surface area contributed by atoms with Crippen LogP contribution in [0.25, 0.3) is 0 Å². The van der Waals surface area contributed by atoms with Crippen LogP contribution in [-0.4, -0.2) is 36.1 Å². The highest BCUT2D eigenvalue weighted by Crippen LogP contribution is 2.41. The predicted molar refractivity (Wildman–Crippen MR) is 76.5 cm³/mol. The van der Waals surface area contributed by atoms with Gasteiger partial charge in [-0.05, 0) is 46.3 Å². The molecule has 1 saturated carbocycles. The molecule has 0 bridgehead atoms. The third-order valence-electron chi connectivity index (χ3n) is 4.23. The molecule has 1 atom stereocenters. The maximum Gasteiger partial charge on any atom is 0.106 e. The molecule has 4 heteroatoms. The summed E-state index contributed by atoms with van der Waals surface area (Å²) in [4.78, 5) is 7.05. The minimum Gasteiger partial charge on any atom is -0.314 e. The lowest BCUT2D eigenvalue weighted by Crippen LogP contribution is -2.47. The number of nitrogens with zero attached hydrogens (tertiary/aromatic N) is 2. The lowest BCUT2D eigenvalue weighted by atomic mass is 9.76. The zero-order valence-corrected chi connectivity index (χ0v) is 12.2. The molecule has 1 aromatic rings. The summed E-state index contributed by atoms with van der Waals surface area (Å²) in [5.74, 6) is 0.839. The molecule has 3 nitrogen and oxygen atoms in total. The van der Waals surface area contributed by atoms with Crippen molar-refractivity contribution in [1.29, 1.82) is 0 Å². The van der Waals surface area contributed by atoms with Crippen LogP contribution in [-0.2, 0) is 0 Å². The van der Waals surface area contributed by atoms with Gasteiger partial charge in [0.05, 0.1) is 0 Å². The van der Waals surface area contributed by atoms with Gasteiger partial charge in [-0.15, -0.1) is 0 Å². The Morgan fingerprint density at radius 3 is 2.61 bits per heavy atom. The number of aromatic nitrogens is 1. The Kier molecular flexibility index (Phi) is 3.97. The molecular weight excluding hydrogens is 290 g/mol. The van der Waals surface area contributed by atoms with Crippen molar-refractivity contribution in [3.8, 4) is 0 Å². The smallest absolute Gasteiger partial charge is 0.106 e. The van der Waals surface area contributed by atoms with Crippen molar-refractivity contribution in [3.05, 3.63) is 28.5 Å². The van der Waals surface area contributed by atoms with Crippen LogP contribution in [0.5, 0.6) is 0 Å². The second kappa shape index (κ2) is 5.68. The van der Waals surface area contributed by atoms with Crippen molar-refractivity contribution in [1.82, 2.24) is 15.2 Å². The SMILES string of the molecule is Brc1ccc([C@H](C2CCC2)N2CCNCC2)cn1. The Hall–Kier alpha value is -0.450. The number of hydrogen-bond donors (Lipinski definition) is 1. The summed E-state index contributed by atoms with van der Waals surface area (Å²) in [6, 6.07) is 4.90. The Balaban J connectivity index is 1.81. The van der Waals surface area contributed by atoms with Crippen LogP contribution in [0.3, 0.4) is 0 Å². The van der Waals surface area contributed by atoms with E-state index in [-0.39, 0.29) is 0 Å². The molecule has 2 fully saturated rings. The Labute approximate surface area is 117 Å². The first-order chi connectivity index (χ1) is 8.84. The van der Waals surface area contributed by atoms with Crippen molar-refractivity contribution in [2.24, 2.45) is 5.92 Å². The number of rotatable bonds is 3. The third-order valence-corrected chi connectivity index (χ3v) is 4.70. The van der Waals surface area contributed by atoms with Gasteiger partial charge in [0.15, 0.2) is 0 Å². The average molecular weight is 310 g/mol. The molecule has 3 rings (SSSR count). The van der Waals surface area contributed by atoms with Crippen molar-refractivity contribution in [2.45, 2.75) is 25.3 Å². The summed E-state index contributed by atoms with van der Waals surface area (Å²) in [6.45, 7) is 4.56. The first-order valence-corrected chi connectivity index (χ1v) is 7.70. The van der Waals surface area contributed by atoms with Crippen molar-refractivity contribution in [2.75, 3.05) is 26.2 Å². The van der Waals surface area contributed by atoms with Gasteiger partial charge in [-0.2, -0.15) is 0 Å². The minimum atomic E-state index is 0.585. The summed E-state index contributed by atoms with van der Waals surface area (Å²) >= 11 is 3.42. The first-order valence-electron chi connectivity index (χ1n) is 6.91. The summed E-state index contributed by atoms with van der Waals surface area (Å²) in [5, 5.41) is 3.44. The molecule has 0 spiro atoms. The Bertz CT molecular complexity index is 383. The van der Waals surface area contributed by atoms with Crippen LogP contribution in [0.1, 0.15) is 30.9 Å². The fourth-order valence-corrected chi connectivity index (χ4v) is 3.29. The highest BCUT2D eigenvalue weighted by molar-refractivity contribution is 9.10. The number of hydrogen-bond acceptors (Lipinski definition) is 3. The molecule has 98 valence electrons. The molecule has 2 heterocycles. The molecule has 1 aliphatic carbocycles. The molecule has 0 unspecified atom stereocenters. The largest absolute Gasteiger partial charge is 0.314 e. The van der Waals surface area contributed by atoms with E-state index in [9.17, 15) is 0 Å². The fraction of sp³-hybridized carbons (Fsp3) is 0.643. The predicted octanol–water partition coefficient (Wildman–Crippen LogP) is 2.59. The van der Waals surface area contributed by atoms with E-state index in [1.54, 1.807) is 0 Å². The van der Waals surface area contributed by atoms with Crippen molar-refractivity contribution < 1.29 is 0 Å². The van der Waals surface area contributed by atoms with E-state index in [2.05, 4.69) is 49.5 Å². The topological polar surface area (TPSA) is 28.2 Å². The minimum absolute atomic E-state index is 0.585. The number of halogens is 1. The van der Waals surface area contributed by atoms with Crippen LogP contribution >= 0.6 is 15.9 Å². The van der Waals surface area contributed by atoms with Crippen molar-refractivity contribution >= 4 is 15.9 Å². The summed E-state index contributed by atoms with van der Waals surface area (Å²) in [7, 11) is 0. The van der Waals surface area contributed by atoms with Gasteiger partial charge in [0, 0.05) is 38.4 Å². The van der Waals surface area contributed by atoms with Crippen LogP contribution in [0, 0.1) is 5.92 Å². The van der Waals surface area contributed by atoms with E-state index in [4.69, 9.17) is 0 Å². The fourth-order valence-electron chi connectivity index (χ4n) is 3.06. The van der Waals surface area contributed by atoms with Gasteiger partial charge in [0.2, 0.25) is 0 Å². The van der Waals surface area contributed by atoms with Gasteiger partial charge in [0.25, 0.3) is 0 Å². The summed E-state index contributed by atoms with van der Waals surface area (Å²) in [6.07, 6.45) is 6.21. The highest BCUT2D eigenvalue weighted by atomic mass is 79.9. The normalized spacial score (nSPS) is 23.6. The zero-order chi connectivity index (χ0) is 12.4. The number of piperazine rings is 1. The van der Waals surface area contributed by atoms with Crippen LogP contribution in [0.15, 0.2) is 22.9 Å². The van der Waals surface area contributed by atoms with E-state index >= 15 is 0 Å². The van der Waals surface area contributed by atoms with Crippen LogP contribution in [0.2, 0.25) is 0 Å². The van der Waals surface area contributed by atoms with Crippen LogP contribution in [0.4, 0.5) is 0 Å². The molecule has 0 radical (unpaired) electrons. The van der Waals surface area contributed by atoms with E-state index < -0.39 is 0 Å². The molecule has 2 aliphatic rings. The van der Waals surface area contributed by atoms with Gasteiger partial charge in [-0.1, -0.05) is 12.5 Å². The second-order valence-electron chi connectivity index (χ2n) is 5.34. The maximum atomic E-state index is 4.41. The van der Waals surface area contributed by atoms with E-state index in [0.717, 1.165) is 36.7 Å². The van der Waals surface area contributed by atoms with E-state index in [0.29, 0.717) is 6.04 Å². The molecule has 0 aromatic carbocycles. The Morgan fingerprint density at radius 1 is 1.28 bits per heavy atom. The highest BCUT2D eigenvalue weighted by Gasteiger charge is 2.33. The molecule has 0 amide bonds. The zero-order valence-electron chi connectivity index (χ0n) is 10.6. The molecule has 1 aromatic heterocycles. The monoisotopic (exact) mass is 309 g/mol. The van der Waals surface area contributed by atoms with Gasteiger partial charge < -0.3 is 5.32 Å².